The first-order valence-electron chi connectivity index (χ1n) is 8.26. The van der Waals surface area contributed by atoms with Gasteiger partial charge in [-0.05, 0) is 63.0 Å². The van der Waals surface area contributed by atoms with E-state index in [1.54, 1.807) is 18.2 Å². The molecule has 0 atom stereocenters. The third-order valence-corrected chi connectivity index (χ3v) is 4.65. The summed E-state index contributed by atoms with van der Waals surface area (Å²) in [6.45, 7) is 6.60. The molecule has 0 spiro atoms. The molecule has 0 bridgehead atoms. The molecule has 0 aliphatic carbocycles. The van der Waals surface area contributed by atoms with E-state index in [0.29, 0.717) is 28.2 Å². The van der Waals surface area contributed by atoms with E-state index in [1.165, 1.54) is 12.8 Å². The maximum absolute atomic E-state index is 12.3. The van der Waals surface area contributed by atoms with Crippen LogP contribution in [0.2, 0.25) is 10.0 Å². The molecule has 1 aliphatic heterocycles. The Labute approximate surface area is 160 Å². The Balaban J connectivity index is 0.00000288. The standard InChI is InChI=1S/C17H25Cl2N3O.ClH/c1-2-9-22(11-13-5-7-20-8-6-13)12-17(23)21-16-10-14(18)3-4-15(16)19;/h3-4,10,13,20H,2,5-9,11-12H2,1H3,(H,21,23);1H. The molecular weight excluding hydrogens is 369 g/mol. The highest BCUT2D eigenvalue weighted by molar-refractivity contribution is 6.35. The van der Waals surface area contributed by atoms with Crippen LogP contribution in [0.25, 0.3) is 0 Å². The van der Waals surface area contributed by atoms with Crippen molar-refractivity contribution < 1.29 is 4.79 Å². The number of halogens is 3. The fourth-order valence-electron chi connectivity index (χ4n) is 2.97. The van der Waals surface area contributed by atoms with E-state index in [4.69, 9.17) is 23.2 Å². The number of anilines is 1. The summed E-state index contributed by atoms with van der Waals surface area (Å²) in [5.41, 5.74) is 0.572. The van der Waals surface area contributed by atoms with Crippen molar-refractivity contribution in [1.29, 1.82) is 0 Å². The Bertz CT molecular complexity index is 522. The molecule has 2 rings (SSSR count). The number of benzene rings is 1. The second-order valence-electron chi connectivity index (χ2n) is 6.10. The second-order valence-corrected chi connectivity index (χ2v) is 6.94. The Morgan fingerprint density at radius 1 is 1.33 bits per heavy atom. The summed E-state index contributed by atoms with van der Waals surface area (Å²) < 4.78 is 0. The minimum absolute atomic E-state index is 0. The summed E-state index contributed by atoms with van der Waals surface area (Å²) in [6, 6.07) is 5.08. The first-order valence-corrected chi connectivity index (χ1v) is 9.02. The normalized spacial score (nSPS) is 15.2. The van der Waals surface area contributed by atoms with Gasteiger partial charge in [-0.15, -0.1) is 12.4 Å². The van der Waals surface area contributed by atoms with Crippen LogP contribution in [0, 0.1) is 5.92 Å². The molecule has 0 aromatic heterocycles. The molecule has 0 radical (unpaired) electrons. The highest BCUT2D eigenvalue weighted by atomic mass is 35.5. The zero-order chi connectivity index (χ0) is 16.7. The molecule has 1 amide bonds. The van der Waals surface area contributed by atoms with E-state index < -0.39 is 0 Å². The number of amides is 1. The molecule has 7 heteroatoms. The third kappa shape index (κ3) is 7.16. The minimum Gasteiger partial charge on any atom is -0.324 e. The molecule has 1 aromatic rings. The van der Waals surface area contributed by atoms with Crippen molar-refractivity contribution in [2.75, 3.05) is 38.0 Å². The zero-order valence-corrected chi connectivity index (χ0v) is 16.3. The van der Waals surface area contributed by atoms with Gasteiger partial charge in [0.2, 0.25) is 5.91 Å². The van der Waals surface area contributed by atoms with E-state index in [0.717, 1.165) is 32.6 Å². The number of carbonyl (C=O) groups is 1. The highest BCUT2D eigenvalue weighted by Gasteiger charge is 2.19. The number of nitrogens with zero attached hydrogens (tertiary/aromatic N) is 1. The monoisotopic (exact) mass is 393 g/mol. The van der Waals surface area contributed by atoms with Crippen LogP contribution in [0.3, 0.4) is 0 Å². The van der Waals surface area contributed by atoms with Crippen LogP contribution in [0.4, 0.5) is 5.69 Å². The van der Waals surface area contributed by atoms with Gasteiger partial charge in [0.05, 0.1) is 17.3 Å². The molecule has 4 nitrogen and oxygen atoms in total. The van der Waals surface area contributed by atoms with Crippen molar-refractivity contribution in [3.63, 3.8) is 0 Å². The Morgan fingerprint density at radius 3 is 2.71 bits per heavy atom. The lowest BCUT2D eigenvalue weighted by atomic mass is 9.97. The van der Waals surface area contributed by atoms with Crippen LogP contribution < -0.4 is 10.6 Å². The summed E-state index contributed by atoms with van der Waals surface area (Å²) in [4.78, 5) is 14.6. The highest BCUT2D eigenvalue weighted by Crippen LogP contribution is 2.25. The van der Waals surface area contributed by atoms with Gasteiger partial charge in [0.15, 0.2) is 0 Å². The fraction of sp³-hybridized carbons (Fsp3) is 0.588. The Kier molecular flexibility index (Phi) is 10.0. The molecule has 1 heterocycles. The van der Waals surface area contributed by atoms with E-state index in [-0.39, 0.29) is 18.3 Å². The molecule has 1 aromatic carbocycles. The van der Waals surface area contributed by atoms with Gasteiger partial charge in [-0.3, -0.25) is 9.69 Å². The summed E-state index contributed by atoms with van der Waals surface area (Å²) >= 11 is 12.1. The Hall–Kier alpha value is -0.520. The number of rotatable bonds is 7. The van der Waals surface area contributed by atoms with Crippen LogP contribution in [0.15, 0.2) is 18.2 Å². The van der Waals surface area contributed by atoms with Gasteiger partial charge < -0.3 is 10.6 Å². The van der Waals surface area contributed by atoms with E-state index in [9.17, 15) is 4.79 Å². The summed E-state index contributed by atoms with van der Waals surface area (Å²) in [5.74, 6) is 0.627. The largest absolute Gasteiger partial charge is 0.324 e. The van der Waals surface area contributed by atoms with Crippen molar-refractivity contribution in [2.45, 2.75) is 26.2 Å². The molecule has 1 aliphatic rings. The lowest BCUT2D eigenvalue weighted by Gasteiger charge is -2.29. The minimum atomic E-state index is -0.0449. The van der Waals surface area contributed by atoms with Crippen molar-refractivity contribution in [3.05, 3.63) is 28.2 Å². The van der Waals surface area contributed by atoms with Crippen molar-refractivity contribution >= 4 is 47.2 Å². The predicted molar refractivity (Wildman–Crippen MR) is 105 cm³/mol. The molecule has 0 unspecified atom stereocenters. The van der Waals surface area contributed by atoms with Crippen molar-refractivity contribution in [3.8, 4) is 0 Å². The van der Waals surface area contributed by atoms with Gasteiger partial charge >= 0.3 is 0 Å². The molecule has 2 N–H and O–H groups in total. The SMILES string of the molecule is CCCN(CC(=O)Nc1cc(Cl)ccc1Cl)CC1CCNCC1.Cl. The molecule has 24 heavy (non-hydrogen) atoms. The van der Waals surface area contributed by atoms with E-state index >= 15 is 0 Å². The van der Waals surface area contributed by atoms with Crippen LogP contribution in [-0.4, -0.2) is 43.5 Å². The number of hydrogen-bond donors (Lipinski definition) is 2. The molecule has 0 saturated carbocycles. The van der Waals surface area contributed by atoms with Gasteiger partial charge in [0.25, 0.3) is 0 Å². The topological polar surface area (TPSA) is 44.4 Å². The lowest BCUT2D eigenvalue weighted by Crippen LogP contribution is -2.40. The molecule has 1 fully saturated rings. The van der Waals surface area contributed by atoms with Crippen LogP contribution in [-0.2, 0) is 4.79 Å². The van der Waals surface area contributed by atoms with Crippen LogP contribution in [0.5, 0.6) is 0 Å². The summed E-state index contributed by atoms with van der Waals surface area (Å²) in [6.07, 6.45) is 3.40. The second kappa shape index (κ2) is 11.2. The van der Waals surface area contributed by atoms with Gasteiger partial charge in [0.1, 0.15) is 0 Å². The average molecular weight is 395 g/mol. The Morgan fingerprint density at radius 2 is 2.04 bits per heavy atom. The predicted octanol–water partition coefficient (Wildman–Crippen LogP) is 4.07. The van der Waals surface area contributed by atoms with Crippen LogP contribution >= 0.6 is 35.6 Å². The number of carbonyl (C=O) groups excluding carboxylic acids is 1. The maximum atomic E-state index is 12.3. The average Bonchev–Trinajstić information content (AvgIpc) is 2.52. The van der Waals surface area contributed by atoms with Crippen molar-refractivity contribution in [2.24, 2.45) is 5.92 Å². The summed E-state index contributed by atoms with van der Waals surface area (Å²) in [7, 11) is 0. The molecule has 136 valence electrons. The molecular formula is C17H26Cl3N3O. The lowest BCUT2D eigenvalue weighted by molar-refractivity contribution is -0.117. The van der Waals surface area contributed by atoms with Gasteiger partial charge in [0, 0.05) is 11.6 Å². The zero-order valence-electron chi connectivity index (χ0n) is 14.0. The summed E-state index contributed by atoms with van der Waals surface area (Å²) in [5, 5.41) is 7.31. The van der Waals surface area contributed by atoms with E-state index in [1.807, 2.05) is 0 Å². The van der Waals surface area contributed by atoms with Gasteiger partial charge in [-0.25, -0.2) is 0 Å². The third-order valence-electron chi connectivity index (χ3n) is 4.08. The quantitative estimate of drug-likeness (QED) is 0.733. The number of hydrogen-bond acceptors (Lipinski definition) is 3. The number of nitrogens with one attached hydrogen (secondary N) is 2. The first-order chi connectivity index (χ1) is 11.1. The molecule has 1 saturated heterocycles. The van der Waals surface area contributed by atoms with Gasteiger partial charge in [-0.2, -0.15) is 0 Å². The fourth-order valence-corrected chi connectivity index (χ4v) is 3.30. The smallest absolute Gasteiger partial charge is 0.238 e. The van der Waals surface area contributed by atoms with Crippen LogP contribution in [0.1, 0.15) is 26.2 Å². The number of piperidine rings is 1. The van der Waals surface area contributed by atoms with Crippen molar-refractivity contribution in [1.82, 2.24) is 10.2 Å². The van der Waals surface area contributed by atoms with Gasteiger partial charge in [-0.1, -0.05) is 30.1 Å². The first kappa shape index (κ1) is 21.5. The van der Waals surface area contributed by atoms with E-state index in [2.05, 4.69) is 22.5 Å². The maximum Gasteiger partial charge on any atom is 0.238 e.